The summed E-state index contributed by atoms with van der Waals surface area (Å²) >= 11 is 0. The van der Waals surface area contributed by atoms with E-state index in [1.165, 1.54) is 6.08 Å². The number of anilines is 2. The fourth-order valence-corrected chi connectivity index (χ4v) is 7.71. The maximum absolute atomic E-state index is 14.4. The lowest BCUT2D eigenvalue weighted by atomic mass is 9.86. The summed E-state index contributed by atoms with van der Waals surface area (Å²) in [4.78, 5) is 25.3. The first-order valence-electron chi connectivity index (χ1n) is 14.5. The number of piperazine rings is 1. The van der Waals surface area contributed by atoms with Crippen LogP contribution in [-0.2, 0) is 28.1 Å². The van der Waals surface area contributed by atoms with Crippen molar-refractivity contribution in [3.05, 3.63) is 47.4 Å². The zero-order chi connectivity index (χ0) is 27.8. The minimum Gasteiger partial charge on any atom is -0.365 e. The first kappa shape index (κ1) is 25.9. The molecule has 214 valence electrons. The maximum Gasteiger partial charge on any atom is 0.280 e. The Hall–Kier alpha value is -3.05. The Morgan fingerprint density at radius 1 is 1.20 bits per heavy atom. The van der Waals surface area contributed by atoms with Gasteiger partial charge in [0.05, 0.1) is 37.6 Å². The van der Waals surface area contributed by atoms with Crippen LogP contribution in [0.3, 0.4) is 0 Å². The lowest BCUT2D eigenvalue weighted by Crippen LogP contribution is -2.69. The summed E-state index contributed by atoms with van der Waals surface area (Å²) in [6.45, 7) is 13.4. The summed E-state index contributed by atoms with van der Waals surface area (Å²) in [6.07, 6.45) is 3.11. The van der Waals surface area contributed by atoms with Gasteiger partial charge in [-0.1, -0.05) is 6.58 Å². The van der Waals surface area contributed by atoms with Crippen molar-refractivity contribution in [1.82, 2.24) is 24.6 Å². The second kappa shape index (κ2) is 9.51. The van der Waals surface area contributed by atoms with Crippen LogP contribution in [0.1, 0.15) is 48.7 Å². The van der Waals surface area contributed by atoms with Gasteiger partial charge in [0, 0.05) is 62.1 Å². The molecule has 3 fully saturated rings. The normalized spacial score (nSPS) is 27.4. The fourth-order valence-electron chi connectivity index (χ4n) is 7.71. The largest absolute Gasteiger partial charge is 0.365 e. The van der Waals surface area contributed by atoms with Crippen LogP contribution in [0.4, 0.5) is 20.3 Å². The van der Waals surface area contributed by atoms with Gasteiger partial charge in [-0.25, -0.2) is 13.8 Å². The van der Waals surface area contributed by atoms with Gasteiger partial charge in [-0.15, -0.1) is 0 Å². The standard InChI is InChI=1S/C29H37F2N7O2/c1-4-25(39)35-10-8-34(9-11-35)23-15-37-21(23)7-5-6-20-22(37)12-24(33-26(20)28(30)31)36-16-29(17-36)27-18(2)13-32-38(27)14-19(3)40-29/h4,12-13,19,21,23,28H,1,5-11,14-17H2,2-3H3. The quantitative estimate of drug-likeness (QED) is 0.540. The number of nitrogens with zero attached hydrogens (tertiary/aromatic N) is 7. The molecule has 5 aliphatic rings. The van der Waals surface area contributed by atoms with Crippen LogP contribution >= 0.6 is 0 Å². The van der Waals surface area contributed by atoms with Gasteiger partial charge in [0.25, 0.3) is 6.43 Å². The third kappa shape index (κ3) is 3.95. The number of aryl methyl sites for hydroxylation is 1. The lowest BCUT2D eigenvalue weighted by Gasteiger charge is -2.56. The van der Waals surface area contributed by atoms with Gasteiger partial charge in [0.1, 0.15) is 17.1 Å². The van der Waals surface area contributed by atoms with E-state index in [1.807, 2.05) is 21.8 Å². The van der Waals surface area contributed by atoms with E-state index in [1.54, 1.807) is 0 Å². The number of halogens is 2. The number of alkyl halides is 2. The zero-order valence-corrected chi connectivity index (χ0v) is 23.2. The first-order valence-corrected chi connectivity index (χ1v) is 14.5. The van der Waals surface area contributed by atoms with Gasteiger partial charge in [-0.3, -0.25) is 14.4 Å². The van der Waals surface area contributed by atoms with E-state index in [0.717, 1.165) is 49.4 Å². The molecule has 3 saturated heterocycles. The Morgan fingerprint density at radius 3 is 2.70 bits per heavy atom. The zero-order valence-electron chi connectivity index (χ0n) is 23.2. The predicted octanol–water partition coefficient (Wildman–Crippen LogP) is 2.88. The van der Waals surface area contributed by atoms with Crippen molar-refractivity contribution >= 4 is 17.4 Å². The van der Waals surface area contributed by atoms with Crippen molar-refractivity contribution in [2.45, 2.75) is 69.9 Å². The number of pyridine rings is 1. The van der Waals surface area contributed by atoms with Crippen molar-refractivity contribution in [3.63, 3.8) is 0 Å². The number of fused-ring (bicyclic) bond motifs is 5. The molecule has 5 aliphatic heterocycles. The van der Waals surface area contributed by atoms with Gasteiger partial charge in [-0.2, -0.15) is 5.10 Å². The van der Waals surface area contributed by atoms with E-state index in [2.05, 4.69) is 45.2 Å². The number of aromatic nitrogens is 3. The van der Waals surface area contributed by atoms with Gasteiger partial charge < -0.3 is 19.4 Å². The number of ether oxygens (including phenoxy) is 1. The second-order valence-corrected chi connectivity index (χ2v) is 12.0. The highest BCUT2D eigenvalue weighted by molar-refractivity contribution is 5.87. The third-order valence-electron chi connectivity index (χ3n) is 9.59. The van der Waals surface area contributed by atoms with Gasteiger partial charge in [0.2, 0.25) is 5.91 Å². The van der Waals surface area contributed by atoms with Crippen molar-refractivity contribution < 1.29 is 18.3 Å². The van der Waals surface area contributed by atoms with E-state index in [-0.39, 0.29) is 23.7 Å². The Balaban J connectivity index is 1.13. The minimum absolute atomic E-state index is 0.0155. The monoisotopic (exact) mass is 553 g/mol. The first-order chi connectivity index (χ1) is 19.3. The number of amides is 1. The maximum atomic E-state index is 14.4. The molecule has 0 aromatic carbocycles. The Labute approximate surface area is 233 Å². The summed E-state index contributed by atoms with van der Waals surface area (Å²) < 4.78 is 37.3. The molecule has 3 unspecified atom stereocenters. The van der Waals surface area contributed by atoms with E-state index in [4.69, 9.17) is 4.74 Å². The summed E-state index contributed by atoms with van der Waals surface area (Å²) in [5.41, 5.74) is 3.24. The number of carbonyl (C=O) groups excluding carboxylic acids is 1. The highest BCUT2D eigenvalue weighted by atomic mass is 19.3. The Morgan fingerprint density at radius 2 is 1.98 bits per heavy atom. The van der Waals surface area contributed by atoms with Crippen molar-refractivity contribution in [3.8, 4) is 0 Å². The van der Waals surface area contributed by atoms with Gasteiger partial charge >= 0.3 is 0 Å². The minimum atomic E-state index is -2.62. The molecule has 1 amide bonds. The fraction of sp³-hybridized carbons (Fsp3) is 0.621. The average molecular weight is 554 g/mol. The Kier molecular flexibility index (Phi) is 6.16. The van der Waals surface area contributed by atoms with Crippen molar-refractivity contribution in [2.24, 2.45) is 0 Å². The number of hydrogen-bond acceptors (Lipinski definition) is 7. The average Bonchev–Trinajstić information content (AvgIpc) is 3.22. The van der Waals surface area contributed by atoms with Crippen LogP contribution < -0.4 is 9.80 Å². The lowest BCUT2D eigenvalue weighted by molar-refractivity contribution is -0.139. The molecular weight excluding hydrogens is 516 g/mol. The molecule has 11 heteroatoms. The summed E-state index contributed by atoms with van der Waals surface area (Å²) in [5, 5.41) is 4.54. The van der Waals surface area contributed by atoms with Gasteiger partial charge in [0.15, 0.2) is 0 Å². The SMILES string of the molecule is C=CC(=O)N1CCN(C2CN3c4cc(N5CC6(C5)OC(C)Cn5ncc(C)c56)nc(C(F)F)c4CCCC23)CC1. The van der Waals surface area contributed by atoms with Crippen molar-refractivity contribution in [2.75, 3.05) is 55.6 Å². The van der Waals surface area contributed by atoms with E-state index in [0.29, 0.717) is 56.6 Å². The number of hydrogen-bond donors (Lipinski definition) is 0. The molecule has 2 aromatic rings. The number of carbonyl (C=O) groups is 1. The highest BCUT2D eigenvalue weighted by Gasteiger charge is 2.53. The van der Waals surface area contributed by atoms with Crippen LogP contribution in [0.25, 0.3) is 0 Å². The van der Waals surface area contributed by atoms with Crippen molar-refractivity contribution in [1.29, 1.82) is 0 Å². The molecule has 0 saturated carbocycles. The highest BCUT2D eigenvalue weighted by Crippen LogP contribution is 2.47. The molecular formula is C29H37F2N7O2. The molecule has 1 spiro atoms. The van der Waals surface area contributed by atoms with E-state index < -0.39 is 12.0 Å². The molecule has 40 heavy (non-hydrogen) atoms. The second-order valence-electron chi connectivity index (χ2n) is 12.0. The van der Waals surface area contributed by atoms with Crippen LogP contribution in [0.15, 0.2) is 24.9 Å². The molecule has 9 nitrogen and oxygen atoms in total. The Bertz CT molecular complexity index is 1330. The summed E-state index contributed by atoms with van der Waals surface area (Å²) in [5.74, 6) is 0.587. The summed E-state index contributed by atoms with van der Waals surface area (Å²) in [7, 11) is 0. The van der Waals surface area contributed by atoms with Crippen LogP contribution in [0, 0.1) is 6.92 Å². The predicted molar refractivity (Wildman–Crippen MR) is 147 cm³/mol. The summed E-state index contributed by atoms with van der Waals surface area (Å²) in [6, 6.07) is 2.69. The van der Waals surface area contributed by atoms with E-state index >= 15 is 0 Å². The molecule has 7 heterocycles. The molecule has 0 N–H and O–H groups in total. The molecule has 0 bridgehead atoms. The smallest absolute Gasteiger partial charge is 0.280 e. The molecule has 0 radical (unpaired) electrons. The van der Waals surface area contributed by atoms with Crippen LogP contribution in [-0.4, -0.2) is 94.5 Å². The molecule has 2 aromatic heterocycles. The molecule has 0 aliphatic carbocycles. The topological polar surface area (TPSA) is 70.0 Å². The van der Waals surface area contributed by atoms with Crippen LogP contribution in [0.5, 0.6) is 0 Å². The van der Waals surface area contributed by atoms with Gasteiger partial charge in [-0.05, 0) is 44.7 Å². The van der Waals surface area contributed by atoms with Crippen LogP contribution in [0.2, 0.25) is 0 Å². The molecule has 3 atom stereocenters. The van der Waals surface area contributed by atoms with E-state index in [9.17, 15) is 13.6 Å². The third-order valence-corrected chi connectivity index (χ3v) is 9.59. The molecule has 7 rings (SSSR count). The number of rotatable bonds is 4.